The maximum absolute atomic E-state index is 12.8. The fourth-order valence-corrected chi connectivity index (χ4v) is 3.46. The highest BCUT2D eigenvalue weighted by Crippen LogP contribution is 2.31. The van der Waals surface area contributed by atoms with Crippen LogP contribution in [0.1, 0.15) is 44.0 Å². The number of benzene rings is 1. The lowest BCUT2D eigenvalue weighted by Gasteiger charge is -2.22. The molecule has 0 saturated heterocycles. The van der Waals surface area contributed by atoms with E-state index in [-0.39, 0.29) is 11.8 Å². The Kier molecular flexibility index (Phi) is 4.48. The van der Waals surface area contributed by atoms with E-state index in [1.165, 1.54) is 11.3 Å². The van der Waals surface area contributed by atoms with Gasteiger partial charge in [-0.05, 0) is 54.5 Å². The zero-order chi connectivity index (χ0) is 16.4. The van der Waals surface area contributed by atoms with Gasteiger partial charge in [-0.3, -0.25) is 9.59 Å². The molecule has 3 rings (SSSR count). The molecule has 0 aliphatic heterocycles. The molecule has 2 aromatic rings. The van der Waals surface area contributed by atoms with Crippen LogP contribution in [0.4, 0.5) is 0 Å². The lowest BCUT2D eigenvalue weighted by molar-refractivity contribution is 0.0734. The van der Waals surface area contributed by atoms with Crippen molar-refractivity contribution >= 4 is 23.2 Å². The molecule has 1 aliphatic rings. The summed E-state index contributed by atoms with van der Waals surface area (Å²) in [6, 6.07) is 9.80. The summed E-state index contributed by atoms with van der Waals surface area (Å²) in [5, 5.41) is 4.57. The summed E-state index contributed by atoms with van der Waals surface area (Å²) in [6.07, 6.45) is 2.15. The molecule has 2 amide bonds. The Hall–Kier alpha value is -2.14. The molecule has 1 heterocycles. The van der Waals surface area contributed by atoms with Gasteiger partial charge in [-0.1, -0.05) is 12.1 Å². The first-order chi connectivity index (χ1) is 11.1. The van der Waals surface area contributed by atoms with Gasteiger partial charge < -0.3 is 10.2 Å². The van der Waals surface area contributed by atoms with E-state index in [0.717, 1.165) is 28.8 Å². The van der Waals surface area contributed by atoms with Crippen LogP contribution in [0.3, 0.4) is 0 Å². The van der Waals surface area contributed by atoms with Crippen LogP contribution in [0.25, 0.3) is 0 Å². The van der Waals surface area contributed by atoms with Crippen LogP contribution in [0, 0.1) is 6.92 Å². The summed E-state index contributed by atoms with van der Waals surface area (Å²) < 4.78 is 0. The largest absolute Gasteiger partial charge is 0.355 e. The Morgan fingerprint density at radius 3 is 2.43 bits per heavy atom. The van der Waals surface area contributed by atoms with Crippen molar-refractivity contribution in [2.75, 3.05) is 7.05 Å². The van der Waals surface area contributed by atoms with Crippen LogP contribution in [0.2, 0.25) is 0 Å². The molecule has 120 valence electrons. The minimum atomic E-state index is -0.0964. The Bertz CT molecular complexity index is 717. The van der Waals surface area contributed by atoms with Gasteiger partial charge in [0.15, 0.2) is 0 Å². The second kappa shape index (κ2) is 6.54. The van der Waals surface area contributed by atoms with Crippen molar-refractivity contribution in [3.05, 3.63) is 57.3 Å². The number of amides is 2. The lowest BCUT2D eigenvalue weighted by atomic mass is 10.1. The van der Waals surface area contributed by atoms with Gasteiger partial charge in [0.25, 0.3) is 11.8 Å². The predicted octanol–water partition coefficient (Wildman–Crippen LogP) is 3.22. The molecule has 0 radical (unpaired) electrons. The number of thiophene rings is 1. The van der Waals surface area contributed by atoms with E-state index in [2.05, 4.69) is 5.32 Å². The first-order valence-electron chi connectivity index (χ1n) is 7.76. The highest BCUT2D eigenvalue weighted by atomic mass is 32.1. The van der Waals surface area contributed by atoms with Crippen molar-refractivity contribution in [2.24, 2.45) is 0 Å². The van der Waals surface area contributed by atoms with E-state index in [1.54, 1.807) is 19.2 Å². The van der Waals surface area contributed by atoms with E-state index in [1.807, 2.05) is 35.4 Å². The number of hydrogen-bond acceptors (Lipinski definition) is 3. The molecule has 0 unspecified atom stereocenters. The standard InChI is InChI=1S/C18H20N2O2S/c1-12-9-10-23-16(12)18(22)20(15-7-8-15)11-13-3-5-14(6-4-13)17(21)19-2/h3-6,9-10,15H,7-8,11H2,1-2H3,(H,19,21). The van der Waals surface area contributed by atoms with E-state index >= 15 is 0 Å². The number of carbonyl (C=O) groups is 2. The lowest BCUT2D eigenvalue weighted by Crippen LogP contribution is -2.32. The van der Waals surface area contributed by atoms with Crippen LogP contribution in [-0.4, -0.2) is 29.8 Å². The van der Waals surface area contributed by atoms with E-state index in [4.69, 9.17) is 0 Å². The van der Waals surface area contributed by atoms with Crippen LogP contribution < -0.4 is 5.32 Å². The molecule has 1 N–H and O–H groups in total. The van der Waals surface area contributed by atoms with Crippen molar-refractivity contribution in [1.82, 2.24) is 10.2 Å². The monoisotopic (exact) mass is 328 g/mol. The van der Waals surface area contributed by atoms with Crippen molar-refractivity contribution in [3.63, 3.8) is 0 Å². The molecule has 23 heavy (non-hydrogen) atoms. The maximum atomic E-state index is 12.8. The second-order valence-corrected chi connectivity index (χ2v) is 6.79. The average molecular weight is 328 g/mol. The summed E-state index contributed by atoms with van der Waals surface area (Å²) >= 11 is 1.51. The molecule has 1 aromatic carbocycles. The SMILES string of the molecule is CNC(=O)c1ccc(CN(C(=O)c2sccc2C)C2CC2)cc1. The summed E-state index contributed by atoms with van der Waals surface area (Å²) in [7, 11) is 1.62. The third-order valence-electron chi connectivity index (χ3n) is 4.10. The normalized spacial score (nSPS) is 13.7. The highest BCUT2D eigenvalue weighted by Gasteiger charge is 2.33. The molecular formula is C18H20N2O2S. The maximum Gasteiger partial charge on any atom is 0.264 e. The Labute approximate surface area is 140 Å². The Morgan fingerprint density at radius 1 is 1.22 bits per heavy atom. The van der Waals surface area contributed by atoms with Gasteiger partial charge in [0, 0.05) is 25.2 Å². The molecule has 1 aliphatic carbocycles. The average Bonchev–Trinajstić information content (AvgIpc) is 3.32. The van der Waals surface area contributed by atoms with Crippen molar-refractivity contribution in [3.8, 4) is 0 Å². The summed E-state index contributed by atoms with van der Waals surface area (Å²) in [5.41, 5.74) is 2.72. The first kappa shape index (κ1) is 15.7. The minimum Gasteiger partial charge on any atom is -0.355 e. The topological polar surface area (TPSA) is 49.4 Å². The van der Waals surface area contributed by atoms with Gasteiger partial charge in [-0.15, -0.1) is 11.3 Å². The van der Waals surface area contributed by atoms with Gasteiger partial charge in [0.1, 0.15) is 0 Å². The summed E-state index contributed by atoms with van der Waals surface area (Å²) in [4.78, 5) is 27.2. The zero-order valence-electron chi connectivity index (χ0n) is 13.3. The smallest absolute Gasteiger partial charge is 0.264 e. The number of nitrogens with one attached hydrogen (secondary N) is 1. The van der Waals surface area contributed by atoms with E-state index < -0.39 is 0 Å². The number of aryl methyl sites for hydroxylation is 1. The molecule has 1 aromatic heterocycles. The van der Waals surface area contributed by atoms with Crippen molar-refractivity contribution in [2.45, 2.75) is 32.4 Å². The molecule has 1 saturated carbocycles. The minimum absolute atomic E-state index is 0.0964. The third-order valence-corrected chi connectivity index (χ3v) is 5.11. The number of hydrogen-bond donors (Lipinski definition) is 1. The molecule has 5 heteroatoms. The fraction of sp³-hybridized carbons (Fsp3) is 0.333. The second-order valence-electron chi connectivity index (χ2n) is 5.87. The van der Waals surface area contributed by atoms with Gasteiger partial charge in [0.2, 0.25) is 0 Å². The summed E-state index contributed by atoms with van der Waals surface area (Å²) in [6.45, 7) is 2.57. The first-order valence-corrected chi connectivity index (χ1v) is 8.64. The predicted molar refractivity (Wildman–Crippen MR) is 91.8 cm³/mol. The van der Waals surface area contributed by atoms with Gasteiger partial charge in [-0.2, -0.15) is 0 Å². The number of carbonyl (C=O) groups excluding carboxylic acids is 2. The Balaban J connectivity index is 1.77. The van der Waals surface area contributed by atoms with Gasteiger partial charge in [0.05, 0.1) is 4.88 Å². The molecule has 0 atom stereocenters. The molecule has 1 fully saturated rings. The number of rotatable bonds is 5. The third kappa shape index (κ3) is 3.45. The molecule has 4 nitrogen and oxygen atoms in total. The van der Waals surface area contributed by atoms with Crippen LogP contribution in [0.15, 0.2) is 35.7 Å². The van der Waals surface area contributed by atoms with Gasteiger partial charge in [-0.25, -0.2) is 0 Å². The fourth-order valence-electron chi connectivity index (χ4n) is 2.58. The quantitative estimate of drug-likeness (QED) is 0.916. The van der Waals surface area contributed by atoms with Crippen molar-refractivity contribution in [1.29, 1.82) is 0 Å². The van der Waals surface area contributed by atoms with Crippen LogP contribution in [-0.2, 0) is 6.54 Å². The van der Waals surface area contributed by atoms with E-state index in [9.17, 15) is 9.59 Å². The van der Waals surface area contributed by atoms with E-state index in [0.29, 0.717) is 18.2 Å². The number of nitrogens with zero attached hydrogens (tertiary/aromatic N) is 1. The van der Waals surface area contributed by atoms with Gasteiger partial charge >= 0.3 is 0 Å². The molecule has 0 spiro atoms. The highest BCUT2D eigenvalue weighted by molar-refractivity contribution is 7.12. The zero-order valence-corrected chi connectivity index (χ0v) is 14.2. The molecule has 0 bridgehead atoms. The van der Waals surface area contributed by atoms with Crippen LogP contribution >= 0.6 is 11.3 Å². The Morgan fingerprint density at radius 2 is 1.91 bits per heavy atom. The summed E-state index contributed by atoms with van der Waals surface area (Å²) in [5.74, 6) is 0.0243. The van der Waals surface area contributed by atoms with Crippen molar-refractivity contribution < 1.29 is 9.59 Å². The molecular weight excluding hydrogens is 308 g/mol. The van der Waals surface area contributed by atoms with Crippen LogP contribution in [0.5, 0.6) is 0 Å².